The summed E-state index contributed by atoms with van der Waals surface area (Å²) in [4.78, 5) is 14.6. The van der Waals surface area contributed by atoms with Gasteiger partial charge in [0.15, 0.2) is 0 Å². The average molecular weight is 417 g/mol. The van der Waals surface area contributed by atoms with Gasteiger partial charge in [0, 0.05) is 29.7 Å². The van der Waals surface area contributed by atoms with Crippen LogP contribution in [0.4, 0.5) is 0 Å². The second-order valence-corrected chi connectivity index (χ2v) is 7.46. The van der Waals surface area contributed by atoms with Crippen LogP contribution in [0.3, 0.4) is 0 Å². The van der Waals surface area contributed by atoms with Crippen molar-refractivity contribution in [1.29, 1.82) is 0 Å². The number of ether oxygens (including phenoxy) is 1. The van der Waals surface area contributed by atoms with E-state index in [1.165, 1.54) is 5.56 Å². The highest BCUT2D eigenvalue weighted by Gasteiger charge is 2.21. The highest BCUT2D eigenvalue weighted by Crippen LogP contribution is 2.22. The van der Waals surface area contributed by atoms with Crippen molar-refractivity contribution < 1.29 is 9.53 Å². The van der Waals surface area contributed by atoms with Gasteiger partial charge in [-0.2, -0.15) is 0 Å². The summed E-state index contributed by atoms with van der Waals surface area (Å²) >= 11 is 3.39. The van der Waals surface area contributed by atoms with Gasteiger partial charge in [0.2, 0.25) is 0 Å². The van der Waals surface area contributed by atoms with E-state index in [-0.39, 0.29) is 12.0 Å². The van der Waals surface area contributed by atoms with Crippen LogP contribution in [0.15, 0.2) is 59.1 Å². The van der Waals surface area contributed by atoms with Crippen LogP contribution in [0.2, 0.25) is 0 Å². The Morgan fingerprint density at radius 3 is 2.81 bits per heavy atom. The molecule has 3 rings (SSSR count). The van der Waals surface area contributed by atoms with E-state index in [1.807, 2.05) is 30.3 Å². The van der Waals surface area contributed by atoms with Crippen LogP contribution in [0, 0.1) is 0 Å². The summed E-state index contributed by atoms with van der Waals surface area (Å²) in [6, 6.07) is 17.9. The summed E-state index contributed by atoms with van der Waals surface area (Å²) in [7, 11) is 0. The number of halogens is 1. The van der Waals surface area contributed by atoms with Gasteiger partial charge < -0.3 is 10.1 Å². The molecule has 1 heterocycles. The van der Waals surface area contributed by atoms with Crippen molar-refractivity contribution in [2.75, 3.05) is 32.8 Å². The van der Waals surface area contributed by atoms with Crippen LogP contribution < -0.4 is 5.32 Å². The van der Waals surface area contributed by atoms with E-state index in [2.05, 4.69) is 50.4 Å². The third kappa shape index (κ3) is 5.66. The standard InChI is InChI=1S/C21H25BrN2O2/c22-19-10-6-9-18(15-19)21(25)23-11-4-5-12-24-13-14-26-20(16-24)17-7-2-1-3-8-17/h1-3,6-10,15,20H,4-5,11-14,16H2,(H,23,25). The molecule has 1 fully saturated rings. The minimum Gasteiger partial charge on any atom is -0.371 e. The first kappa shape index (κ1) is 19.1. The first-order valence-corrected chi connectivity index (χ1v) is 9.94. The second kappa shape index (κ2) is 9.86. The second-order valence-electron chi connectivity index (χ2n) is 6.54. The molecule has 0 radical (unpaired) electrons. The number of nitrogens with one attached hydrogen (secondary N) is 1. The molecule has 1 aliphatic rings. The quantitative estimate of drug-likeness (QED) is 0.692. The smallest absolute Gasteiger partial charge is 0.251 e. The predicted octanol–water partition coefficient (Wildman–Crippen LogP) is 4.03. The Morgan fingerprint density at radius 2 is 2.00 bits per heavy atom. The minimum atomic E-state index is -0.0122. The fourth-order valence-electron chi connectivity index (χ4n) is 3.17. The van der Waals surface area contributed by atoms with Crippen molar-refractivity contribution in [3.05, 3.63) is 70.2 Å². The largest absolute Gasteiger partial charge is 0.371 e. The van der Waals surface area contributed by atoms with Crippen LogP contribution >= 0.6 is 15.9 Å². The maximum atomic E-state index is 12.1. The summed E-state index contributed by atoms with van der Waals surface area (Å²) in [5.74, 6) is -0.0122. The van der Waals surface area contributed by atoms with E-state index in [9.17, 15) is 4.79 Å². The molecule has 0 saturated carbocycles. The molecule has 4 nitrogen and oxygen atoms in total. The minimum absolute atomic E-state index is 0.0122. The molecular formula is C21H25BrN2O2. The van der Waals surface area contributed by atoms with Crippen molar-refractivity contribution in [3.8, 4) is 0 Å². The fourth-order valence-corrected chi connectivity index (χ4v) is 3.57. The number of morpholine rings is 1. The SMILES string of the molecule is O=C(NCCCCN1CCOC(c2ccccc2)C1)c1cccc(Br)c1. The number of carbonyl (C=O) groups excluding carboxylic acids is 1. The highest BCUT2D eigenvalue weighted by molar-refractivity contribution is 9.10. The van der Waals surface area contributed by atoms with Crippen molar-refractivity contribution >= 4 is 21.8 Å². The number of benzene rings is 2. The Balaban J connectivity index is 1.35. The van der Waals surface area contributed by atoms with Gasteiger partial charge in [0.25, 0.3) is 5.91 Å². The van der Waals surface area contributed by atoms with Crippen molar-refractivity contribution in [1.82, 2.24) is 10.2 Å². The topological polar surface area (TPSA) is 41.6 Å². The zero-order chi connectivity index (χ0) is 18.2. The van der Waals surface area contributed by atoms with E-state index in [0.29, 0.717) is 12.1 Å². The number of nitrogens with zero attached hydrogens (tertiary/aromatic N) is 1. The monoisotopic (exact) mass is 416 g/mol. The first-order chi connectivity index (χ1) is 12.7. The molecule has 26 heavy (non-hydrogen) atoms. The third-order valence-electron chi connectivity index (χ3n) is 4.60. The van der Waals surface area contributed by atoms with Gasteiger partial charge in [-0.25, -0.2) is 0 Å². The van der Waals surface area contributed by atoms with Gasteiger partial charge in [-0.3, -0.25) is 9.69 Å². The van der Waals surface area contributed by atoms with Crippen molar-refractivity contribution in [2.24, 2.45) is 0 Å². The number of unbranched alkanes of at least 4 members (excludes halogenated alkanes) is 1. The number of hydrogen-bond donors (Lipinski definition) is 1. The Hall–Kier alpha value is -1.69. The molecule has 0 aromatic heterocycles. The number of rotatable bonds is 7. The van der Waals surface area contributed by atoms with Crippen LogP contribution in [-0.2, 0) is 4.74 Å². The number of hydrogen-bond acceptors (Lipinski definition) is 3. The molecule has 1 N–H and O–H groups in total. The van der Waals surface area contributed by atoms with Crippen molar-refractivity contribution in [3.63, 3.8) is 0 Å². The molecule has 0 spiro atoms. The molecule has 138 valence electrons. The van der Waals surface area contributed by atoms with Gasteiger partial charge in [0.05, 0.1) is 12.7 Å². The fraction of sp³-hybridized carbons (Fsp3) is 0.381. The summed E-state index contributed by atoms with van der Waals surface area (Å²) < 4.78 is 6.83. The van der Waals surface area contributed by atoms with Gasteiger partial charge in [-0.15, -0.1) is 0 Å². The van der Waals surface area contributed by atoms with Gasteiger partial charge in [0.1, 0.15) is 0 Å². The zero-order valence-corrected chi connectivity index (χ0v) is 16.5. The Labute approximate surface area is 163 Å². The first-order valence-electron chi connectivity index (χ1n) is 9.15. The summed E-state index contributed by atoms with van der Waals surface area (Å²) in [5, 5.41) is 3.00. The van der Waals surface area contributed by atoms with Gasteiger partial charge >= 0.3 is 0 Å². The van der Waals surface area contributed by atoms with Gasteiger partial charge in [-0.1, -0.05) is 52.3 Å². The maximum Gasteiger partial charge on any atom is 0.251 e. The Bertz CT molecular complexity index is 708. The summed E-state index contributed by atoms with van der Waals surface area (Å²) in [5.41, 5.74) is 1.94. The van der Waals surface area contributed by atoms with Crippen molar-refractivity contribution in [2.45, 2.75) is 18.9 Å². The average Bonchev–Trinajstić information content (AvgIpc) is 2.68. The molecule has 1 aliphatic heterocycles. The number of carbonyl (C=O) groups is 1. The van der Waals surface area contributed by atoms with E-state index in [4.69, 9.17) is 4.74 Å². The molecule has 2 aromatic rings. The Morgan fingerprint density at radius 1 is 1.15 bits per heavy atom. The van der Waals surface area contributed by atoms with E-state index in [0.717, 1.165) is 43.6 Å². The molecule has 5 heteroatoms. The lowest BCUT2D eigenvalue weighted by molar-refractivity contribution is -0.0303. The molecule has 0 aliphatic carbocycles. The number of amides is 1. The molecule has 1 saturated heterocycles. The predicted molar refractivity (Wildman–Crippen MR) is 107 cm³/mol. The normalized spacial score (nSPS) is 17.8. The van der Waals surface area contributed by atoms with Crippen LogP contribution in [0.1, 0.15) is 34.9 Å². The van der Waals surface area contributed by atoms with Gasteiger partial charge in [-0.05, 0) is 43.1 Å². The molecule has 0 bridgehead atoms. The molecule has 1 unspecified atom stereocenters. The zero-order valence-electron chi connectivity index (χ0n) is 14.9. The maximum absolute atomic E-state index is 12.1. The highest BCUT2D eigenvalue weighted by atomic mass is 79.9. The van der Waals surface area contributed by atoms with E-state index < -0.39 is 0 Å². The molecule has 1 atom stereocenters. The lowest BCUT2D eigenvalue weighted by Crippen LogP contribution is -2.39. The van der Waals surface area contributed by atoms with Crippen LogP contribution in [-0.4, -0.2) is 43.6 Å². The third-order valence-corrected chi connectivity index (χ3v) is 5.09. The summed E-state index contributed by atoms with van der Waals surface area (Å²) in [6.45, 7) is 4.44. The van der Waals surface area contributed by atoms with E-state index >= 15 is 0 Å². The molecule has 1 amide bonds. The lowest BCUT2D eigenvalue weighted by Gasteiger charge is -2.33. The molecular weight excluding hydrogens is 392 g/mol. The van der Waals surface area contributed by atoms with Crippen LogP contribution in [0.25, 0.3) is 0 Å². The molecule has 2 aromatic carbocycles. The van der Waals surface area contributed by atoms with E-state index in [1.54, 1.807) is 0 Å². The Kier molecular flexibility index (Phi) is 7.23. The summed E-state index contributed by atoms with van der Waals surface area (Å²) in [6.07, 6.45) is 2.22. The lowest BCUT2D eigenvalue weighted by atomic mass is 10.1. The van der Waals surface area contributed by atoms with Crippen LogP contribution in [0.5, 0.6) is 0 Å².